The van der Waals surface area contributed by atoms with Crippen molar-refractivity contribution in [2.45, 2.75) is 6.42 Å². The molecular formula is C11H10FNO2. The van der Waals surface area contributed by atoms with Crippen molar-refractivity contribution in [3.8, 4) is 0 Å². The number of benzene rings is 1. The number of halogens is 1. The van der Waals surface area contributed by atoms with Gasteiger partial charge in [0, 0.05) is 6.42 Å². The van der Waals surface area contributed by atoms with Crippen LogP contribution >= 0.6 is 0 Å². The van der Waals surface area contributed by atoms with Crippen molar-refractivity contribution in [1.29, 1.82) is 0 Å². The van der Waals surface area contributed by atoms with Gasteiger partial charge >= 0.3 is 0 Å². The number of aldehydes is 1. The minimum absolute atomic E-state index is 0.0155. The van der Waals surface area contributed by atoms with E-state index in [0.717, 1.165) is 0 Å². The Labute approximate surface area is 86.4 Å². The first-order valence-corrected chi connectivity index (χ1v) is 4.33. The fourth-order valence-electron chi connectivity index (χ4n) is 1.13. The Balaban J connectivity index is 2.94. The summed E-state index contributed by atoms with van der Waals surface area (Å²) in [5.41, 5.74) is 5.34. The maximum atomic E-state index is 13.1. The highest BCUT2D eigenvalue weighted by Crippen LogP contribution is 2.13. The van der Waals surface area contributed by atoms with Crippen LogP contribution in [0.4, 0.5) is 4.39 Å². The molecule has 1 rings (SSSR count). The summed E-state index contributed by atoms with van der Waals surface area (Å²) in [6, 6.07) is 4.28. The zero-order valence-electron chi connectivity index (χ0n) is 7.94. The molecule has 0 radical (unpaired) electrons. The van der Waals surface area contributed by atoms with Crippen LogP contribution in [-0.2, 0) is 4.79 Å². The molecular weight excluding hydrogens is 197 g/mol. The summed E-state index contributed by atoms with van der Waals surface area (Å²) < 4.78 is 13.1. The van der Waals surface area contributed by atoms with E-state index in [1.807, 2.05) is 0 Å². The van der Waals surface area contributed by atoms with Crippen molar-refractivity contribution in [1.82, 2.24) is 0 Å². The van der Waals surface area contributed by atoms with Gasteiger partial charge in [0.25, 0.3) is 0 Å². The molecule has 0 unspecified atom stereocenters. The molecule has 15 heavy (non-hydrogen) atoms. The number of hydrogen-bond acceptors (Lipinski definition) is 2. The van der Waals surface area contributed by atoms with E-state index in [4.69, 9.17) is 5.73 Å². The molecule has 3 nitrogen and oxygen atoms in total. The Morgan fingerprint density at radius 2 is 2.20 bits per heavy atom. The third-order valence-corrected chi connectivity index (χ3v) is 1.82. The summed E-state index contributed by atoms with van der Waals surface area (Å²) in [5.74, 6) is -1.05. The van der Waals surface area contributed by atoms with E-state index >= 15 is 0 Å². The second-order valence-corrected chi connectivity index (χ2v) is 2.93. The van der Waals surface area contributed by atoms with E-state index in [9.17, 15) is 14.0 Å². The maximum absolute atomic E-state index is 13.1. The number of rotatable bonds is 4. The van der Waals surface area contributed by atoms with Crippen molar-refractivity contribution in [2.24, 2.45) is 5.73 Å². The molecule has 1 amide bonds. The third kappa shape index (κ3) is 3.02. The predicted octanol–water partition coefficient (Wildman–Crippen LogP) is 1.53. The van der Waals surface area contributed by atoms with E-state index in [-0.39, 0.29) is 12.0 Å². The largest absolute Gasteiger partial charge is 0.369 e. The fourth-order valence-corrected chi connectivity index (χ4v) is 1.13. The summed E-state index contributed by atoms with van der Waals surface area (Å²) in [6.07, 6.45) is 3.50. The molecule has 0 aromatic heterocycles. The van der Waals surface area contributed by atoms with Crippen LogP contribution in [-0.4, -0.2) is 12.2 Å². The molecule has 0 saturated carbocycles. The van der Waals surface area contributed by atoms with Gasteiger partial charge in [-0.3, -0.25) is 9.59 Å². The summed E-state index contributed by atoms with van der Waals surface area (Å²) in [4.78, 5) is 21.0. The van der Waals surface area contributed by atoms with Gasteiger partial charge in [-0.05, 0) is 11.6 Å². The van der Waals surface area contributed by atoms with Crippen LogP contribution in [0.5, 0.6) is 0 Å². The molecule has 0 heterocycles. The number of amides is 1. The SMILES string of the molecule is NC(=O)CC=Cc1cccc(F)c1C=O. The molecule has 1 aromatic rings. The lowest BCUT2D eigenvalue weighted by Gasteiger charge is -1.99. The highest BCUT2D eigenvalue weighted by atomic mass is 19.1. The molecule has 0 atom stereocenters. The minimum atomic E-state index is -0.578. The first-order chi connectivity index (χ1) is 7.15. The lowest BCUT2D eigenvalue weighted by molar-refractivity contribution is -0.117. The van der Waals surface area contributed by atoms with Gasteiger partial charge in [-0.25, -0.2) is 4.39 Å². The van der Waals surface area contributed by atoms with Gasteiger partial charge in [0.2, 0.25) is 5.91 Å². The van der Waals surface area contributed by atoms with Gasteiger partial charge in [-0.1, -0.05) is 24.3 Å². The van der Waals surface area contributed by atoms with Crippen LogP contribution in [0.15, 0.2) is 24.3 Å². The minimum Gasteiger partial charge on any atom is -0.369 e. The zero-order valence-corrected chi connectivity index (χ0v) is 7.94. The Kier molecular flexibility index (Phi) is 3.74. The van der Waals surface area contributed by atoms with E-state index in [1.54, 1.807) is 6.07 Å². The van der Waals surface area contributed by atoms with Crippen LogP contribution in [0, 0.1) is 5.82 Å². The van der Waals surface area contributed by atoms with Crippen molar-refractivity contribution in [3.05, 3.63) is 41.2 Å². The smallest absolute Gasteiger partial charge is 0.221 e. The molecule has 0 spiro atoms. The summed E-state index contributed by atoms with van der Waals surface area (Å²) >= 11 is 0. The van der Waals surface area contributed by atoms with Gasteiger partial charge in [0.05, 0.1) is 5.56 Å². The lowest BCUT2D eigenvalue weighted by atomic mass is 10.1. The van der Waals surface area contributed by atoms with Gasteiger partial charge in [-0.2, -0.15) is 0 Å². The molecule has 0 aliphatic heterocycles. The molecule has 0 fully saturated rings. The fraction of sp³-hybridized carbons (Fsp3) is 0.0909. The lowest BCUT2D eigenvalue weighted by Crippen LogP contribution is -2.07. The van der Waals surface area contributed by atoms with Crippen molar-refractivity contribution >= 4 is 18.3 Å². The van der Waals surface area contributed by atoms with Crippen LogP contribution in [0.3, 0.4) is 0 Å². The zero-order chi connectivity index (χ0) is 11.3. The molecule has 2 N–H and O–H groups in total. The van der Waals surface area contributed by atoms with Crippen LogP contribution < -0.4 is 5.73 Å². The van der Waals surface area contributed by atoms with Crippen molar-refractivity contribution < 1.29 is 14.0 Å². The number of primary amides is 1. The second kappa shape index (κ2) is 5.05. The van der Waals surface area contributed by atoms with E-state index in [1.165, 1.54) is 24.3 Å². The summed E-state index contributed by atoms with van der Waals surface area (Å²) in [7, 11) is 0. The highest BCUT2D eigenvalue weighted by Gasteiger charge is 2.03. The summed E-state index contributed by atoms with van der Waals surface area (Å²) in [6.45, 7) is 0. The molecule has 0 aliphatic carbocycles. The average molecular weight is 207 g/mol. The average Bonchev–Trinajstić information content (AvgIpc) is 2.17. The monoisotopic (exact) mass is 207 g/mol. The normalized spacial score (nSPS) is 10.5. The number of carbonyl (C=O) groups is 2. The number of nitrogens with two attached hydrogens (primary N) is 1. The van der Waals surface area contributed by atoms with Gasteiger partial charge in [0.15, 0.2) is 6.29 Å². The summed E-state index contributed by atoms with van der Waals surface area (Å²) in [5, 5.41) is 0. The first kappa shape index (κ1) is 11.1. The standard InChI is InChI=1S/C11H10FNO2/c12-10-5-1-3-8(9(10)7-14)4-2-6-11(13)15/h1-5,7H,6H2,(H2,13,15). The Morgan fingerprint density at radius 3 is 2.80 bits per heavy atom. The molecule has 0 aliphatic rings. The van der Waals surface area contributed by atoms with Crippen LogP contribution in [0.25, 0.3) is 6.08 Å². The highest BCUT2D eigenvalue weighted by molar-refractivity contribution is 5.83. The molecule has 0 bridgehead atoms. The van der Waals surface area contributed by atoms with E-state index in [2.05, 4.69) is 0 Å². The topological polar surface area (TPSA) is 60.2 Å². The third-order valence-electron chi connectivity index (χ3n) is 1.82. The van der Waals surface area contributed by atoms with Crippen molar-refractivity contribution in [2.75, 3.05) is 0 Å². The number of hydrogen-bond donors (Lipinski definition) is 1. The maximum Gasteiger partial charge on any atom is 0.221 e. The number of carbonyl (C=O) groups excluding carboxylic acids is 2. The second-order valence-electron chi connectivity index (χ2n) is 2.93. The molecule has 1 aromatic carbocycles. The van der Waals surface area contributed by atoms with E-state index in [0.29, 0.717) is 11.8 Å². The predicted molar refractivity (Wildman–Crippen MR) is 54.6 cm³/mol. The molecule has 4 heteroatoms. The van der Waals surface area contributed by atoms with Gasteiger partial charge < -0.3 is 5.73 Å². The first-order valence-electron chi connectivity index (χ1n) is 4.33. The molecule has 78 valence electrons. The van der Waals surface area contributed by atoms with Gasteiger partial charge in [0.1, 0.15) is 5.82 Å². The van der Waals surface area contributed by atoms with Crippen LogP contribution in [0.2, 0.25) is 0 Å². The molecule has 0 saturated heterocycles. The Bertz CT molecular complexity index is 413. The quantitative estimate of drug-likeness (QED) is 0.761. The van der Waals surface area contributed by atoms with E-state index < -0.39 is 11.7 Å². The van der Waals surface area contributed by atoms with Gasteiger partial charge in [-0.15, -0.1) is 0 Å². The van der Waals surface area contributed by atoms with Crippen molar-refractivity contribution in [3.63, 3.8) is 0 Å². The Hall–Kier alpha value is -1.97. The Morgan fingerprint density at radius 1 is 1.47 bits per heavy atom. The van der Waals surface area contributed by atoms with Crippen LogP contribution in [0.1, 0.15) is 22.3 Å².